The first-order valence-corrected chi connectivity index (χ1v) is 6.84. The van der Waals surface area contributed by atoms with Crippen LogP contribution in [0.1, 0.15) is 19.8 Å². The molecule has 21 heavy (non-hydrogen) atoms. The quantitative estimate of drug-likeness (QED) is 0.483. The number of hydrogen-bond acceptors (Lipinski definition) is 4. The van der Waals surface area contributed by atoms with Gasteiger partial charge in [0.05, 0.1) is 6.54 Å². The standard InChI is InChI=1S/C14H21N3O4/c1-2-9-3-4-10(5-9)6-11(17-12(18)7-15)14(21)16-8-13(19)20/h3-5,9,11H,2,6-8,15H2,1H3,(H,16,21)(H,17,18)(H,19,20)/t9?,11-/m0/s1. The molecule has 1 unspecified atom stereocenters. The van der Waals surface area contributed by atoms with Crippen molar-refractivity contribution in [1.29, 1.82) is 0 Å². The molecule has 7 heteroatoms. The molecule has 2 atom stereocenters. The molecule has 5 N–H and O–H groups in total. The molecule has 0 aromatic rings. The van der Waals surface area contributed by atoms with Crippen molar-refractivity contribution < 1.29 is 19.5 Å². The van der Waals surface area contributed by atoms with Crippen LogP contribution in [0, 0.1) is 5.92 Å². The van der Waals surface area contributed by atoms with E-state index < -0.39 is 30.4 Å². The van der Waals surface area contributed by atoms with Gasteiger partial charge < -0.3 is 21.5 Å². The molecule has 0 spiro atoms. The fraction of sp³-hybridized carbons (Fsp3) is 0.500. The lowest BCUT2D eigenvalue weighted by Gasteiger charge is -2.17. The van der Waals surface area contributed by atoms with Crippen molar-refractivity contribution >= 4 is 17.8 Å². The Hall–Kier alpha value is -2.15. The number of hydrogen-bond donors (Lipinski definition) is 4. The minimum absolute atomic E-state index is 0.227. The second-order valence-corrected chi connectivity index (χ2v) is 4.81. The summed E-state index contributed by atoms with van der Waals surface area (Å²) in [6, 6.07) is -0.827. The van der Waals surface area contributed by atoms with Gasteiger partial charge in [-0.2, -0.15) is 0 Å². The molecule has 0 bridgehead atoms. The molecule has 1 aliphatic carbocycles. The van der Waals surface area contributed by atoms with Gasteiger partial charge in [-0.1, -0.05) is 25.2 Å². The van der Waals surface area contributed by atoms with E-state index in [2.05, 4.69) is 17.6 Å². The Bertz CT molecular complexity index is 471. The minimum atomic E-state index is -1.14. The van der Waals surface area contributed by atoms with Crippen LogP contribution in [0.15, 0.2) is 23.8 Å². The molecule has 0 heterocycles. The Balaban J connectivity index is 2.68. The average Bonchev–Trinajstić information content (AvgIpc) is 2.91. The van der Waals surface area contributed by atoms with Crippen molar-refractivity contribution in [3.8, 4) is 0 Å². The molecular weight excluding hydrogens is 274 g/mol. The lowest BCUT2D eigenvalue weighted by molar-refractivity contribution is -0.138. The predicted octanol–water partition coefficient (Wildman–Crippen LogP) is -0.457. The van der Waals surface area contributed by atoms with Crippen LogP contribution in [-0.2, 0) is 14.4 Å². The average molecular weight is 295 g/mol. The van der Waals surface area contributed by atoms with Gasteiger partial charge in [-0.15, -0.1) is 0 Å². The van der Waals surface area contributed by atoms with Gasteiger partial charge in [0.2, 0.25) is 11.8 Å². The van der Waals surface area contributed by atoms with E-state index in [-0.39, 0.29) is 6.54 Å². The molecule has 2 amide bonds. The molecule has 1 aliphatic rings. The Labute approximate surface area is 123 Å². The summed E-state index contributed by atoms with van der Waals surface area (Å²) in [5.74, 6) is -1.79. The summed E-state index contributed by atoms with van der Waals surface area (Å²) in [5.41, 5.74) is 6.17. The number of amides is 2. The second kappa shape index (κ2) is 8.21. The van der Waals surface area contributed by atoms with Gasteiger partial charge in [0.25, 0.3) is 0 Å². The number of nitrogens with two attached hydrogens (primary N) is 1. The highest BCUT2D eigenvalue weighted by molar-refractivity contribution is 5.90. The number of carbonyl (C=O) groups excluding carboxylic acids is 2. The zero-order valence-corrected chi connectivity index (χ0v) is 12.0. The number of rotatable bonds is 8. The van der Waals surface area contributed by atoms with Crippen molar-refractivity contribution in [1.82, 2.24) is 10.6 Å². The fourth-order valence-corrected chi connectivity index (χ4v) is 2.01. The SMILES string of the molecule is CCC1C=CC(C[C@H](NC(=O)CN)C(=O)NCC(=O)O)=C1. The molecule has 116 valence electrons. The summed E-state index contributed by atoms with van der Waals surface area (Å²) in [4.78, 5) is 33.8. The van der Waals surface area contributed by atoms with Crippen LogP contribution in [-0.4, -0.2) is 42.0 Å². The van der Waals surface area contributed by atoms with E-state index in [9.17, 15) is 14.4 Å². The number of carboxylic acid groups (broad SMARTS) is 1. The normalized spacial score (nSPS) is 18.0. The van der Waals surface area contributed by atoms with E-state index in [4.69, 9.17) is 10.8 Å². The van der Waals surface area contributed by atoms with Crippen LogP contribution in [0.2, 0.25) is 0 Å². The second-order valence-electron chi connectivity index (χ2n) is 4.81. The lowest BCUT2D eigenvalue weighted by atomic mass is 10.0. The van der Waals surface area contributed by atoms with Gasteiger partial charge in [0, 0.05) is 6.42 Å². The largest absolute Gasteiger partial charge is 0.480 e. The summed E-state index contributed by atoms with van der Waals surface area (Å²) in [6.07, 6.45) is 7.26. The van der Waals surface area contributed by atoms with Crippen LogP contribution >= 0.6 is 0 Å². The van der Waals surface area contributed by atoms with E-state index >= 15 is 0 Å². The van der Waals surface area contributed by atoms with Gasteiger partial charge in [-0.05, 0) is 17.9 Å². The maximum absolute atomic E-state index is 12.0. The van der Waals surface area contributed by atoms with Crippen LogP contribution < -0.4 is 16.4 Å². The Morgan fingerprint density at radius 3 is 2.67 bits per heavy atom. The Morgan fingerprint density at radius 1 is 1.43 bits per heavy atom. The zero-order chi connectivity index (χ0) is 15.8. The van der Waals surface area contributed by atoms with Crippen molar-refractivity contribution in [3.63, 3.8) is 0 Å². The molecule has 0 aliphatic heterocycles. The summed E-state index contributed by atoms with van der Waals surface area (Å²) >= 11 is 0. The van der Waals surface area contributed by atoms with E-state index in [1.807, 2.05) is 18.2 Å². The predicted molar refractivity (Wildman–Crippen MR) is 77.3 cm³/mol. The number of allylic oxidation sites excluding steroid dienone is 3. The van der Waals surface area contributed by atoms with Crippen LogP contribution in [0.3, 0.4) is 0 Å². The molecule has 0 fully saturated rings. The van der Waals surface area contributed by atoms with Crippen molar-refractivity contribution in [3.05, 3.63) is 23.8 Å². The Kier molecular flexibility index (Phi) is 6.61. The van der Waals surface area contributed by atoms with E-state index in [1.54, 1.807) is 0 Å². The summed E-state index contributed by atoms with van der Waals surface area (Å²) in [7, 11) is 0. The Morgan fingerprint density at radius 2 is 2.14 bits per heavy atom. The molecule has 1 rings (SSSR count). The van der Waals surface area contributed by atoms with E-state index in [0.29, 0.717) is 12.3 Å². The highest BCUT2D eigenvalue weighted by Crippen LogP contribution is 2.22. The number of aliphatic carboxylic acids is 1. The monoisotopic (exact) mass is 295 g/mol. The first-order valence-electron chi connectivity index (χ1n) is 6.84. The van der Waals surface area contributed by atoms with Crippen LogP contribution in [0.5, 0.6) is 0 Å². The zero-order valence-electron chi connectivity index (χ0n) is 12.0. The molecule has 0 saturated heterocycles. The fourth-order valence-electron chi connectivity index (χ4n) is 2.01. The van der Waals surface area contributed by atoms with Gasteiger partial charge in [0.1, 0.15) is 12.6 Å². The first-order chi connectivity index (χ1) is 9.96. The third-order valence-electron chi connectivity index (χ3n) is 3.15. The van der Waals surface area contributed by atoms with Crippen LogP contribution in [0.4, 0.5) is 0 Å². The minimum Gasteiger partial charge on any atom is -0.480 e. The van der Waals surface area contributed by atoms with Crippen LogP contribution in [0.25, 0.3) is 0 Å². The molecule has 7 nitrogen and oxygen atoms in total. The summed E-state index contributed by atoms with van der Waals surface area (Å²) < 4.78 is 0. The number of nitrogens with one attached hydrogen (secondary N) is 2. The molecule has 0 aromatic carbocycles. The van der Waals surface area contributed by atoms with Crippen molar-refractivity contribution in [2.45, 2.75) is 25.8 Å². The van der Waals surface area contributed by atoms with Gasteiger partial charge >= 0.3 is 5.97 Å². The van der Waals surface area contributed by atoms with E-state index in [0.717, 1.165) is 12.0 Å². The molecule has 0 aromatic heterocycles. The third kappa shape index (κ3) is 5.78. The highest BCUT2D eigenvalue weighted by atomic mass is 16.4. The maximum atomic E-state index is 12.0. The number of carbonyl (C=O) groups is 3. The highest BCUT2D eigenvalue weighted by Gasteiger charge is 2.22. The summed E-state index contributed by atoms with van der Waals surface area (Å²) in [6.45, 7) is 1.34. The first kappa shape index (κ1) is 16.9. The van der Waals surface area contributed by atoms with Gasteiger partial charge in [-0.25, -0.2) is 0 Å². The van der Waals surface area contributed by atoms with Gasteiger partial charge in [-0.3, -0.25) is 14.4 Å². The number of carboxylic acids is 1. The smallest absolute Gasteiger partial charge is 0.322 e. The third-order valence-corrected chi connectivity index (χ3v) is 3.15. The van der Waals surface area contributed by atoms with Crippen molar-refractivity contribution in [2.24, 2.45) is 11.7 Å². The molecular formula is C14H21N3O4. The van der Waals surface area contributed by atoms with Crippen molar-refractivity contribution in [2.75, 3.05) is 13.1 Å². The van der Waals surface area contributed by atoms with Gasteiger partial charge in [0.15, 0.2) is 0 Å². The lowest BCUT2D eigenvalue weighted by Crippen LogP contribution is -2.49. The topological polar surface area (TPSA) is 122 Å². The summed E-state index contributed by atoms with van der Waals surface area (Å²) in [5, 5.41) is 13.4. The maximum Gasteiger partial charge on any atom is 0.322 e. The molecule has 0 saturated carbocycles. The molecule has 0 radical (unpaired) electrons. The van der Waals surface area contributed by atoms with E-state index in [1.165, 1.54) is 0 Å².